The molecule has 0 spiro atoms. The van der Waals surface area contributed by atoms with Gasteiger partial charge in [0, 0.05) is 32.2 Å². The summed E-state index contributed by atoms with van der Waals surface area (Å²) < 4.78 is 0. The predicted octanol–water partition coefficient (Wildman–Crippen LogP) is 1.59. The molecule has 0 aromatic heterocycles. The highest BCUT2D eigenvalue weighted by Crippen LogP contribution is 2.36. The van der Waals surface area contributed by atoms with E-state index in [1.54, 1.807) is 12.1 Å². The van der Waals surface area contributed by atoms with Gasteiger partial charge < -0.3 is 9.80 Å². The van der Waals surface area contributed by atoms with E-state index in [1.807, 2.05) is 12.1 Å². The number of nitro benzene ring substituents is 1. The van der Waals surface area contributed by atoms with Crippen LogP contribution in [-0.4, -0.2) is 43.0 Å². The zero-order chi connectivity index (χ0) is 12.7. The predicted molar refractivity (Wildman–Crippen MR) is 69.8 cm³/mol. The number of benzene rings is 1. The molecule has 2 aliphatic rings. The number of fused-ring (bicyclic) bond motifs is 1. The molecule has 0 bridgehead atoms. The lowest BCUT2D eigenvalue weighted by atomic mass is 10.0. The second-order valence-electron chi connectivity index (χ2n) is 5.39. The van der Waals surface area contributed by atoms with E-state index in [0.29, 0.717) is 11.8 Å². The third-order valence-corrected chi connectivity index (χ3v) is 4.09. The molecule has 2 aliphatic heterocycles. The molecule has 0 N–H and O–H groups in total. The molecular formula is C13H17N3O2. The Morgan fingerprint density at radius 2 is 1.78 bits per heavy atom. The summed E-state index contributed by atoms with van der Waals surface area (Å²) in [6.45, 7) is 4.11. The lowest BCUT2D eigenvalue weighted by Crippen LogP contribution is -2.27. The van der Waals surface area contributed by atoms with Gasteiger partial charge in [-0.15, -0.1) is 0 Å². The van der Waals surface area contributed by atoms with Crippen molar-refractivity contribution < 1.29 is 4.92 Å². The highest BCUT2D eigenvalue weighted by Gasteiger charge is 2.39. The molecule has 5 heteroatoms. The number of rotatable bonds is 2. The van der Waals surface area contributed by atoms with Crippen LogP contribution in [0.4, 0.5) is 11.4 Å². The Morgan fingerprint density at radius 1 is 1.17 bits per heavy atom. The van der Waals surface area contributed by atoms with Crippen molar-refractivity contribution in [1.29, 1.82) is 0 Å². The molecule has 2 saturated heterocycles. The Balaban J connectivity index is 1.83. The molecule has 18 heavy (non-hydrogen) atoms. The summed E-state index contributed by atoms with van der Waals surface area (Å²) in [7, 11) is 2.15. The van der Waals surface area contributed by atoms with Crippen LogP contribution in [0.3, 0.4) is 0 Å². The van der Waals surface area contributed by atoms with Gasteiger partial charge in [-0.3, -0.25) is 10.1 Å². The zero-order valence-electron chi connectivity index (χ0n) is 10.5. The van der Waals surface area contributed by atoms with Crippen LogP contribution < -0.4 is 4.90 Å². The highest BCUT2D eigenvalue weighted by atomic mass is 16.6. The molecule has 1 aromatic rings. The first-order valence-electron chi connectivity index (χ1n) is 6.32. The lowest BCUT2D eigenvalue weighted by molar-refractivity contribution is -0.384. The Hall–Kier alpha value is -1.62. The SMILES string of the molecule is CN1CC2CN(c3ccccc3[N+](=O)[O-])CC2C1. The van der Waals surface area contributed by atoms with Gasteiger partial charge in [-0.2, -0.15) is 0 Å². The summed E-state index contributed by atoms with van der Waals surface area (Å²) in [5, 5.41) is 11.0. The van der Waals surface area contributed by atoms with E-state index in [1.165, 1.54) is 0 Å². The van der Waals surface area contributed by atoms with Crippen molar-refractivity contribution in [1.82, 2.24) is 4.90 Å². The molecule has 3 rings (SSSR count). The molecular weight excluding hydrogens is 230 g/mol. The second kappa shape index (κ2) is 4.24. The number of nitro groups is 1. The molecule has 0 saturated carbocycles. The number of nitrogens with zero attached hydrogens (tertiary/aromatic N) is 3. The van der Waals surface area contributed by atoms with Crippen LogP contribution in [0, 0.1) is 22.0 Å². The maximum Gasteiger partial charge on any atom is 0.292 e. The second-order valence-corrected chi connectivity index (χ2v) is 5.39. The van der Waals surface area contributed by atoms with Crippen LogP contribution in [0.1, 0.15) is 0 Å². The quantitative estimate of drug-likeness (QED) is 0.588. The van der Waals surface area contributed by atoms with Crippen LogP contribution in [0.15, 0.2) is 24.3 Å². The van der Waals surface area contributed by atoms with E-state index in [9.17, 15) is 10.1 Å². The van der Waals surface area contributed by atoms with Crippen LogP contribution in [0.25, 0.3) is 0 Å². The fraction of sp³-hybridized carbons (Fsp3) is 0.538. The van der Waals surface area contributed by atoms with E-state index in [-0.39, 0.29) is 10.6 Å². The molecule has 96 valence electrons. The van der Waals surface area contributed by atoms with Gasteiger partial charge in [-0.1, -0.05) is 12.1 Å². The molecule has 2 unspecified atom stereocenters. The van der Waals surface area contributed by atoms with E-state index in [2.05, 4.69) is 16.8 Å². The third kappa shape index (κ3) is 1.84. The topological polar surface area (TPSA) is 49.6 Å². The Labute approximate surface area is 106 Å². The molecule has 0 radical (unpaired) electrons. The average Bonchev–Trinajstić information content (AvgIpc) is 2.85. The monoisotopic (exact) mass is 247 g/mol. The van der Waals surface area contributed by atoms with E-state index in [4.69, 9.17) is 0 Å². The Bertz CT molecular complexity index is 463. The zero-order valence-corrected chi connectivity index (χ0v) is 10.5. The Morgan fingerprint density at radius 3 is 2.39 bits per heavy atom. The summed E-state index contributed by atoms with van der Waals surface area (Å²) in [4.78, 5) is 15.3. The van der Waals surface area contributed by atoms with Crippen molar-refractivity contribution in [2.24, 2.45) is 11.8 Å². The van der Waals surface area contributed by atoms with Crippen molar-refractivity contribution in [3.8, 4) is 0 Å². The Kier molecular flexibility index (Phi) is 2.70. The highest BCUT2D eigenvalue weighted by molar-refractivity contribution is 5.63. The third-order valence-electron chi connectivity index (χ3n) is 4.09. The van der Waals surface area contributed by atoms with Crippen LogP contribution in [-0.2, 0) is 0 Å². The number of anilines is 1. The van der Waals surface area contributed by atoms with E-state index < -0.39 is 0 Å². The van der Waals surface area contributed by atoms with Crippen LogP contribution in [0.5, 0.6) is 0 Å². The number of hydrogen-bond acceptors (Lipinski definition) is 4. The van der Waals surface area contributed by atoms with Gasteiger partial charge in [0.15, 0.2) is 0 Å². The minimum Gasteiger partial charge on any atom is -0.365 e. The van der Waals surface area contributed by atoms with Crippen molar-refractivity contribution in [2.75, 3.05) is 38.1 Å². The lowest BCUT2D eigenvalue weighted by Gasteiger charge is -2.20. The molecule has 1 aromatic carbocycles. The first-order valence-corrected chi connectivity index (χ1v) is 6.32. The molecule has 2 atom stereocenters. The van der Waals surface area contributed by atoms with Gasteiger partial charge in [-0.25, -0.2) is 0 Å². The first-order chi connectivity index (χ1) is 8.65. The van der Waals surface area contributed by atoms with Gasteiger partial charge >= 0.3 is 0 Å². The first kappa shape index (κ1) is 11.5. The van der Waals surface area contributed by atoms with Crippen LogP contribution >= 0.6 is 0 Å². The number of likely N-dealkylation sites (tertiary alicyclic amines) is 1. The fourth-order valence-electron chi connectivity index (χ4n) is 3.31. The summed E-state index contributed by atoms with van der Waals surface area (Å²) in [5.74, 6) is 1.32. The van der Waals surface area contributed by atoms with Crippen molar-refractivity contribution in [3.63, 3.8) is 0 Å². The van der Waals surface area contributed by atoms with Gasteiger partial charge in [0.1, 0.15) is 5.69 Å². The molecule has 5 nitrogen and oxygen atoms in total. The minimum atomic E-state index is -0.282. The standard InChI is InChI=1S/C13H17N3O2/c1-14-6-10-8-15(9-11(10)7-14)12-4-2-3-5-13(12)16(17)18/h2-5,10-11H,6-9H2,1H3. The summed E-state index contributed by atoms with van der Waals surface area (Å²) >= 11 is 0. The van der Waals surface area contributed by atoms with Gasteiger partial charge in [0.25, 0.3) is 5.69 Å². The summed E-state index contributed by atoms with van der Waals surface area (Å²) in [6, 6.07) is 7.06. The van der Waals surface area contributed by atoms with Crippen LogP contribution in [0.2, 0.25) is 0 Å². The maximum absolute atomic E-state index is 11.0. The normalized spacial score (nSPS) is 27.5. The summed E-state index contributed by atoms with van der Waals surface area (Å²) in [6.07, 6.45) is 0. The average molecular weight is 247 g/mol. The smallest absolute Gasteiger partial charge is 0.292 e. The maximum atomic E-state index is 11.0. The van der Waals surface area contributed by atoms with Gasteiger partial charge in [0.2, 0.25) is 0 Å². The minimum absolute atomic E-state index is 0.228. The van der Waals surface area contributed by atoms with Gasteiger partial charge in [-0.05, 0) is 24.9 Å². The fourth-order valence-corrected chi connectivity index (χ4v) is 3.31. The summed E-state index contributed by atoms with van der Waals surface area (Å²) in [5.41, 5.74) is 1.00. The largest absolute Gasteiger partial charge is 0.365 e. The molecule has 0 amide bonds. The molecule has 0 aliphatic carbocycles. The van der Waals surface area contributed by atoms with Crippen molar-refractivity contribution in [2.45, 2.75) is 0 Å². The van der Waals surface area contributed by atoms with Gasteiger partial charge in [0.05, 0.1) is 4.92 Å². The van der Waals surface area contributed by atoms with E-state index >= 15 is 0 Å². The van der Waals surface area contributed by atoms with Crippen molar-refractivity contribution >= 4 is 11.4 Å². The number of hydrogen-bond donors (Lipinski definition) is 0. The van der Waals surface area contributed by atoms with Crippen molar-refractivity contribution in [3.05, 3.63) is 34.4 Å². The number of para-hydroxylation sites is 2. The molecule has 2 fully saturated rings. The van der Waals surface area contributed by atoms with E-state index in [0.717, 1.165) is 31.9 Å². The molecule has 2 heterocycles.